The topological polar surface area (TPSA) is 86.8 Å². The Labute approximate surface area is 244 Å². The third-order valence-electron chi connectivity index (χ3n) is 6.08. The van der Waals surface area contributed by atoms with Gasteiger partial charge in [0.15, 0.2) is 0 Å². The average Bonchev–Trinajstić information content (AvgIpc) is 2.90. The molecule has 0 aliphatic rings. The van der Waals surface area contributed by atoms with Crippen LogP contribution in [0.4, 0.5) is 0 Å². The van der Waals surface area contributed by atoms with E-state index < -0.39 is 28.5 Å². The SMILES string of the molecule is CC(C)CNC(=O)[C@H](Cc1ccccc1)N(Cc1cccc(Br)c1)C(=O)CN(C)S(=O)(=O)c1ccc(Cl)cc1. The zero-order chi connectivity index (χ0) is 28.6. The maximum absolute atomic E-state index is 13.9. The second kappa shape index (κ2) is 14.1. The van der Waals surface area contributed by atoms with Crippen LogP contribution in [0.15, 0.2) is 88.2 Å². The number of benzene rings is 3. The van der Waals surface area contributed by atoms with Crippen LogP contribution in [-0.4, -0.2) is 55.6 Å². The summed E-state index contributed by atoms with van der Waals surface area (Å²) in [4.78, 5) is 28.9. The van der Waals surface area contributed by atoms with Crippen molar-refractivity contribution in [1.29, 1.82) is 0 Å². The van der Waals surface area contributed by atoms with Gasteiger partial charge in [-0.25, -0.2) is 8.42 Å². The summed E-state index contributed by atoms with van der Waals surface area (Å²) in [5.41, 5.74) is 1.69. The number of nitrogens with one attached hydrogen (secondary N) is 1. The summed E-state index contributed by atoms with van der Waals surface area (Å²) >= 11 is 9.39. The molecule has 0 saturated carbocycles. The van der Waals surface area contributed by atoms with E-state index in [0.717, 1.165) is 19.9 Å². The Morgan fingerprint density at radius 3 is 2.21 bits per heavy atom. The van der Waals surface area contributed by atoms with Crippen molar-refractivity contribution < 1.29 is 18.0 Å². The molecule has 208 valence electrons. The second-order valence-electron chi connectivity index (χ2n) is 9.71. The summed E-state index contributed by atoms with van der Waals surface area (Å²) in [6, 6.07) is 21.8. The Morgan fingerprint density at radius 1 is 0.949 bits per heavy atom. The number of carbonyl (C=O) groups excluding carboxylic acids is 2. The first-order valence-electron chi connectivity index (χ1n) is 12.5. The Bertz CT molecular complexity index is 1370. The number of hydrogen-bond donors (Lipinski definition) is 1. The number of hydrogen-bond acceptors (Lipinski definition) is 4. The molecule has 0 fully saturated rings. The highest BCUT2D eigenvalue weighted by molar-refractivity contribution is 9.10. The van der Waals surface area contributed by atoms with E-state index in [0.29, 0.717) is 11.6 Å². The highest BCUT2D eigenvalue weighted by atomic mass is 79.9. The van der Waals surface area contributed by atoms with E-state index in [1.165, 1.54) is 36.2 Å². The van der Waals surface area contributed by atoms with Gasteiger partial charge in [0.2, 0.25) is 21.8 Å². The molecule has 39 heavy (non-hydrogen) atoms. The van der Waals surface area contributed by atoms with Crippen LogP contribution >= 0.6 is 27.5 Å². The molecule has 0 saturated heterocycles. The predicted octanol–water partition coefficient (Wildman–Crippen LogP) is 5.14. The molecule has 7 nitrogen and oxygen atoms in total. The van der Waals surface area contributed by atoms with E-state index >= 15 is 0 Å². The third kappa shape index (κ3) is 8.89. The predicted molar refractivity (Wildman–Crippen MR) is 158 cm³/mol. The van der Waals surface area contributed by atoms with Crippen LogP contribution in [0.1, 0.15) is 25.0 Å². The molecule has 0 spiro atoms. The number of sulfonamides is 1. The lowest BCUT2D eigenvalue weighted by Gasteiger charge is -2.33. The van der Waals surface area contributed by atoms with Gasteiger partial charge in [-0.15, -0.1) is 0 Å². The van der Waals surface area contributed by atoms with Crippen molar-refractivity contribution in [2.24, 2.45) is 5.92 Å². The van der Waals surface area contributed by atoms with Crippen molar-refractivity contribution in [3.05, 3.63) is 99.5 Å². The van der Waals surface area contributed by atoms with E-state index in [9.17, 15) is 18.0 Å². The second-order valence-corrected chi connectivity index (χ2v) is 13.1. The van der Waals surface area contributed by atoms with Gasteiger partial charge < -0.3 is 10.2 Å². The zero-order valence-corrected chi connectivity index (χ0v) is 25.3. The molecule has 0 aliphatic heterocycles. The summed E-state index contributed by atoms with van der Waals surface area (Å²) in [7, 11) is -2.62. The van der Waals surface area contributed by atoms with Crippen LogP contribution in [0.3, 0.4) is 0 Å². The van der Waals surface area contributed by atoms with Crippen LogP contribution < -0.4 is 5.32 Å². The molecule has 0 unspecified atom stereocenters. The molecule has 10 heteroatoms. The Kier molecular flexibility index (Phi) is 11.1. The van der Waals surface area contributed by atoms with Crippen molar-refractivity contribution in [3.63, 3.8) is 0 Å². The van der Waals surface area contributed by atoms with Crippen molar-refractivity contribution >= 4 is 49.4 Å². The van der Waals surface area contributed by atoms with E-state index in [4.69, 9.17) is 11.6 Å². The lowest BCUT2D eigenvalue weighted by atomic mass is 10.0. The number of carbonyl (C=O) groups is 2. The molecular formula is C29H33BrClN3O4S. The van der Waals surface area contributed by atoms with E-state index in [1.54, 1.807) is 0 Å². The first-order valence-corrected chi connectivity index (χ1v) is 15.2. The minimum Gasteiger partial charge on any atom is -0.354 e. The average molecular weight is 635 g/mol. The van der Waals surface area contributed by atoms with E-state index in [1.807, 2.05) is 68.4 Å². The normalized spacial score (nSPS) is 12.4. The summed E-state index contributed by atoms with van der Waals surface area (Å²) in [5, 5.41) is 3.37. The standard InChI is InChI=1S/C29H33BrClN3O4S/c1-21(2)18-32-29(36)27(17-22-8-5-4-6-9-22)34(19-23-10-7-11-24(30)16-23)28(35)20-33(3)39(37,38)26-14-12-25(31)13-15-26/h4-16,21,27H,17-20H2,1-3H3,(H,32,36)/t27-/m0/s1. The van der Waals surface area contributed by atoms with Crippen LogP contribution in [0, 0.1) is 5.92 Å². The van der Waals surface area contributed by atoms with Gasteiger partial charge in [-0.05, 0) is 53.4 Å². The Hall–Kier alpha value is -2.72. The lowest BCUT2D eigenvalue weighted by Crippen LogP contribution is -2.53. The number of halogens is 2. The summed E-state index contributed by atoms with van der Waals surface area (Å²) in [6.45, 7) is 4.12. The maximum atomic E-state index is 13.9. The maximum Gasteiger partial charge on any atom is 0.243 e. The fourth-order valence-electron chi connectivity index (χ4n) is 3.96. The molecule has 3 aromatic carbocycles. The fraction of sp³-hybridized carbons (Fsp3) is 0.310. The lowest BCUT2D eigenvalue weighted by molar-refractivity contribution is -0.141. The van der Waals surface area contributed by atoms with E-state index in [-0.39, 0.29) is 29.7 Å². The molecule has 1 N–H and O–H groups in total. The molecule has 3 rings (SSSR count). The quantitative estimate of drug-likeness (QED) is 0.299. The summed E-state index contributed by atoms with van der Waals surface area (Å²) in [6.07, 6.45) is 0.276. The molecule has 2 amide bonds. The van der Waals surface area contributed by atoms with E-state index in [2.05, 4.69) is 21.2 Å². The smallest absolute Gasteiger partial charge is 0.243 e. The zero-order valence-electron chi connectivity index (χ0n) is 22.2. The van der Waals surface area contributed by atoms with Crippen molar-refractivity contribution in [2.75, 3.05) is 20.1 Å². The first-order chi connectivity index (χ1) is 18.5. The van der Waals surface area contributed by atoms with Gasteiger partial charge in [-0.2, -0.15) is 4.31 Å². The van der Waals surface area contributed by atoms with Gasteiger partial charge >= 0.3 is 0 Å². The molecular weight excluding hydrogens is 602 g/mol. The van der Waals surface area contributed by atoms with Crippen molar-refractivity contribution in [2.45, 2.75) is 37.8 Å². The number of rotatable bonds is 12. The Morgan fingerprint density at radius 2 is 1.59 bits per heavy atom. The molecule has 1 atom stereocenters. The number of amides is 2. The van der Waals surface area contributed by atoms with Gasteiger partial charge in [0, 0.05) is 36.1 Å². The largest absolute Gasteiger partial charge is 0.354 e. The van der Waals surface area contributed by atoms with Crippen LogP contribution in [0.25, 0.3) is 0 Å². The minimum absolute atomic E-state index is 0.0243. The van der Waals surface area contributed by atoms with Crippen LogP contribution in [0.2, 0.25) is 5.02 Å². The van der Waals surface area contributed by atoms with Gasteiger partial charge in [-0.1, -0.05) is 83.8 Å². The fourth-order valence-corrected chi connectivity index (χ4v) is 5.65. The summed E-state index contributed by atoms with van der Waals surface area (Å²) in [5.74, 6) is -0.564. The highest BCUT2D eigenvalue weighted by Crippen LogP contribution is 2.21. The number of nitrogens with zero attached hydrogens (tertiary/aromatic N) is 2. The highest BCUT2D eigenvalue weighted by Gasteiger charge is 2.33. The molecule has 3 aromatic rings. The molecule has 0 radical (unpaired) electrons. The molecule has 0 heterocycles. The molecule has 0 bridgehead atoms. The van der Waals surface area contributed by atoms with Gasteiger partial charge in [0.1, 0.15) is 6.04 Å². The third-order valence-corrected chi connectivity index (χ3v) is 8.64. The first kappa shape index (κ1) is 30.8. The van der Waals surface area contributed by atoms with Gasteiger partial charge in [0.05, 0.1) is 11.4 Å². The van der Waals surface area contributed by atoms with Crippen LogP contribution in [-0.2, 0) is 32.6 Å². The van der Waals surface area contributed by atoms with Crippen molar-refractivity contribution in [1.82, 2.24) is 14.5 Å². The Balaban J connectivity index is 1.96. The monoisotopic (exact) mass is 633 g/mol. The molecule has 0 aromatic heterocycles. The number of likely N-dealkylation sites (N-methyl/N-ethyl adjacent to an activating group) is 1. The molecule has 0 aliphatic carbocycles. The van der Waals surface area contributed by atoms with Crippen molar-refractivity contribution in [3.8, 4) is 0 Å². The minimum atomic E-state index is -3.97. The van der Waals surface area contributed by atoms with Gasteiger partial charge in [0.25, 0.3) is 0 Å². The van der Waals surface area contributed by atoms with Crippen LogP contribution in [0.5, 0.6) is 0 Å². The van der Waals surface area contributed by atoms with Gasteiger partial charge in [-0.3, -0.25) is 9.59 Å². The summed E-state index contributed by atoms with van der Waals surface area (Å²) < 4.78 is 28.2.